The van der Waals surface area contributed by atoms with Gasteiger partial charge in [0.2, 0.25) is 0 Å². The number of hydrogen-bond donors (Lipinski definition) is 2. The van der Waals surface area contributed by atoms with Gasteiger partial charge in [-0.3, -0.25) is 4.79 Å². The first-order valence-electron chi connectivity index (χ1n) is 3.99. The van der Waals surface area contributed by atoms with E-state index in [4.69, 9.17) is 5.11 Å². The molecule has 1 fully saturated rings. The van der Waals surface area contributed by atoms with Crippen molar-refractivity contribution in [2.75, 3.05) is 0 Å². The quantitative estimate of drug-likeness (QED) is 0.628. The normalized spacial score (nSPS) is 28.7. The summed E-state index contributed by atoms with van der Waals surface area (Å²) in [5.74, 6) is -0.708. The van der Waals surface area contributed by atoms with E-state index in [1.54, 1.807) is 0 Å². The lowest BCUT2D eigenvalue weighted by atomic mass is 10.0. The van der Waals surface area contributed by atoms with Gasteiger partial charge in [0, 0.05) is 11.6 Å². The van der Waals surface area contributed by atoms with Gasteiger partial charge in [-0.15, -0.1) is 0 Å². The Morgan fingerprint density at radius 3 is 2.73 bits per heavy atom. The molecule has 1 aliphatic rings. The van der Waals surface area contributed by atoms with Crippen LogP contribution in [0.25, 0.3) is 0 Å². The number of carboxylic acids is 1. The molecule has 1 rings (SSSR count). The molecular weight excluding hydrogens is 142 g/mol. The van der Waals surface area contributed by atoms with Crippen molar-refractivity contribution in [1.82, 2.24) is 5.32 Å². The minimum Gasteiger partial charge on any atom is -0.481 e. The summed E-state index contributed by atoms with van der Waals surface area (Å²) in [6, 6.07) is 0.183. The van der Waals surface area contributed by atoms with Crippen molar-refractivity contribution in [3.05, 3.63) is 0 Å². The Kier molecular flexibility index (Phi) is 2.18. The Morgan fingerprint density at radius 1 is 1.73 bits per heavy atom. The molecule has 2 N–H and O–H groups in total. The predicted molar refractivity (Wildman–Crippen MR) is 42.5 cm³/mol. The van der Waals surface area contributed by atoms with Gasteiger partial charge in [0.25, 0.3) is 0 Å². The van der Waals surface area contributed by atoms with E-state index in [-0.39, 0.29) is 18.0 Å². The maximum atomic E-state index is 10.3. The lowest BCUT2D eigenvalue weighted by Crippen LogP contribution is -2.38. The molecule has 1 atom stereocenters. The van der Waals surface area contributed by atoms with E-state index in [0.29, 0.717) is 0 Å². The summed E-state index contributed by atoms with van der Waals surface area (Å²) in [6.07, 6.45) is 2.31. The molecule has 0 aliphatic carbocycles. The summed E-state index contributed by atoms with van der Waals surface area (Å²) in [6.45, 7) is 4.21. The minimum atomic E-state index is -0.708. The third kappa shape index (κ3) is 2.50. The van der Waals surface area contributed by atoms with Crippen LogP contribution in [0.5, 0.6) is 0 Å². The van der Waals surface area contributed by atoms with E-state index in [0.717, 1.165) is 12.8 Å². The number of nitrogens with one attached hydrogen (secondary N) is 1. The highest BCUT2D eigenvalue weighted by atomic mass is 16.4. The van der Waals surface area contributed by atoms with Crippen molar-refractivity contribution in [2.45, 2.75) is 44.7 Å². The maximum absolute atomic E-state index is 10.3. The van der Waals surface area contributed by atoms with Crippen LogP contribution in [-0.2, 0) is 4.79 Å². The Bertz CT molecular complexity index is 165. The topological polar surface area (TPSA) is 49.3 Å². The fourth-order valence-electron chi connectivity index (χ4n) is 1.60. The summed E-state index contributed by atoms with van der Waals surface area (Å²) in [7, 11) is 0. The minimum absolute atomic E-state index is 0.139. The zero-order valence-corrected chi connectivity index (χ0v) is 7.05. The summed E-state index contributed by atoms with van der Waals surface area (Å²) >= 11 is 0. The molecule has 1 aliphatic heterocycles. The Morgan fingerprint density at radius 2 is 2.36 bits per heavy atom. The van der Waals surface area contributed by atoms with Gasteiger partial charge in [-0.25, -0.2) is 0 Å². The Labute approximate surface area is 66.8 Å². The second kappa shape index (κ2) is 2.81. The van der Waals surface area contributed by atoms with Gasteiger partial charge in [-0.1, -0.05) is 0 Å². The van der Waals surface area contributed by atoms with Crippen molar-refractivity contribution in [3.8, 4) is 0 Å². The van der Waals surface area contributed by atoms with Gasteiger partial charge in [0.15, 0.2) is 0 Å². The average Bonchev–Trinajstić information content (AvgIpc) is 2.08. The van der Waals surface area contributed by atoms with E-state index in [2.05, 4.69) is 19.2 Å². The predicted octanol–water partition coefficient (Wildman–Crippen LogP) is 0.992. The molecule has 0 amide bonds. The fourth-order valence-corrected chi connectivity index (χ4v) is 1.60. The molecule has 0 aromatic heterocycles. The highest BCUT2D eigenvalue weighted by molar-refractivity contribution is 5.67. The Hall–Kier alpha value is -0.570. The number of carbonyl (C=O) groups is 1. The summed E-state index contributed by atoms with van der Waals surface area (Å²) in [5.41, 5.74) is 0.139. The molecule has 11 heavy (non-hydrogen) atoms. The molecule has 0 aromatic carbocycles. The number of carboxylic acid groups (broad SMARTS) is 1. The van der Waals surface area contributed by atoms with Gasteiger partial charge in [-0.05, 0) is 26.7 Å². The van der Waals surface area contributed by atoms with E-state index >= 15 is 0 Å². The van der Waals surface area contributed by atoms with E-state index in [9.17, 15) is 4.79 Å². The number of aliphatic carboxylic acids is 1. The largest absolute Gasteiger partial charge is 0.481 e. The summed E-state index contributed by atoms with van der Waals surface area (Å²) in [5, 5.41) is 11.8. The van der Waals surface area contributed by atoms with Gasteiger partial charge < -0.3 is 10.4 Å². The first kappa shape index (κ1) is 8.53. The standard InChI is InChI=1S/C8H15NO2/c1-8(2)4-3-6(9-8)5-7(10)11/h6,9H,3-5H2,1-2H3,(H,10,11). The van der Waals surface area contributed by atoms with Crippen LogP contribution in [0.4, 0.5) is 0 Å². The first-order chi connectivity index (χ1) is 4.99. The molecule has 3 heteroatoms. The average molecular weight is 157 g/mol. The number of rotatable bonds is 2. The van der Waals surface area contributed by atoms with E-state index < -0.39 is 5.97 Å². The molecular formula is C8H15NO2. The third-order valence-corrected chi connectivity index (χ3v) is 2.13. The third-order valence-electron chi connectivity index (χ3n) is 2.13. The summed E-state index contributed by atoms with van der Waals surface area (Å²) in [4.78, 5) is 10.3. The lowest BCUT2D eigenvalue weighted by molar-refractivity contribution is -0.137. The smallest absolute Gasteiger partial charge is 0.304 e. The van der Waals surface area contributed by atoms with Gasteiger partial charge in [0.05, 0.1) is 6.42 Å². The number of hydrogen-bond acceptors (Lipinski definition) is 2. The van der Waals surface area contributed by atoms with Crippen LogP contribution < -0.4 is 5.32 Å². The van der Waals surface area contributed by atoms with Crippen LogP contribution in [0, 0.1) is 0 Å². The van der Waals surface area contributed by atoms with Crippen LogP contribution in [-0.4, -0.2) is 22.7 Å². The SMILES string of the molecule is CC1(C)CCC(CC(=O)O)N1. The van der Waals surface area contributed by atoms with Crippen LogP contribution in [0.2, 0.25) is 0 Å². The van der Waals surface area contributed by atoms with Crippen LogP contribution in [0.3, 0.4) is 0 Å². The van der Waals surface area contributed by atoms with E-state index in [1.807, 2.05) is 0 Å². The molecule has 0 spiro atoms. The first-order valence-corrected chi connectivity index (χ1v) is 3.99. The molecule has 0 radical (unpaired) electrons. The van der Waals surface area contributed by atoms with E-state index in [1.165, 1.54) is 0 Å². The van der Waals surface area contributed by atoms with Crippen molar-refractivity contribution in [2.24, 2.45) is 0 Å². The molecule has 1 saturated heterocycles. The van der Waals surface area contributed by atoms with Gasteiger partial charge in [0.1, 0.15) is 0 Å². The van der Waals surface area contributed by atoms with Crippen molar-refractivity contribution in [3.63, 3.8) is 0 Å². The van der Waals surface area contributed by atoms with Crippen LogP contribution >= 0.6 is 0 Å². The molecule has 1 heterocycles. The van der Waals surface area contributed by atoms with Crippen molar-refractivity contribution >= 4 is 5.97 Å². The lowest BCUT2D eigenvalue weighted by Gasteiger charge is -2.19. The van der Waals surface area contributed by atoms with Crippen LogP contribution in [0.15, 0.2) is 0 Å². The Balaban J connectivity index is 2.36. The van der Waals surface area contributed by atoms with Crippen LogP contribution in [0.1, 0.15) is 33.1 Å². The van der Waals surface area contributed by atoms with Gasteiger partial charge in [-0.2, -0.15) is 0 Å². The van der Waals surface area contributed by atoms with Gasteiger partial charge >= 0.3 is 5.97 Å². The highest BCUT2D eigenvalue weighted by Gasteiger charge is 2.30. The zero-order valence-electron chi connectivity index (χ0n) is 7.05. The van der Waals surface area contributed by atoms with Crippen molar-refractivity contribution < 1.29 is 9.90 Å². The molecule has 0 saturated carbocycles. The van der Waals surface area contributed by atoms with Crippen molar-refractivity contribution in [1.29, 1.82) is 0 Å². The fraction of sp³-hybridized carbons (Fsp3) is 0.875. The maximum Gasteiger partial charge on any atom is 0.304 e. The highest BCUT2D eigenvalue weighted by Crippen LogP contribution is 2.23. The monoisotopic (exact) mass is 157 g/mol. The molecule has 0 bridgehead atoms. The molecule has 0 aromatic rings. The molecule has 1 unspecified atom stereocenters. The molecule has 3 nitrogen and oxygen atoms in total. The summed E-state index contributed by atoms with van der Waals surface area (Å²) < 4.78 is 0. The second-order valence-electron chi connectivity index (χ2n) is 3.86. The zero-order chi connectivity index (χ0) is 8.48. The molecule has 64 valence electrons. The second-order valence-corrected chi connectivity index (χ2v) is 3.86.